The molecule has 1 aromatic rings. The van der Waals surface area contributed by atoms with Crippen LogP contribution in [0.5, 0.6) is 0 Å². The van der Waals surface area contributed by atoms with Gasteiger partial charge in [0.15, 0.2) is 0 Å². The fraction of sp³-hybridized carbons (Fsp3) is 0.533. The lowest BCUT2D eigenvalue weighted by Crippen LogP contribution is -2.41. The molecule has 2 rings (SSSR count). The molecule has 0 heterocycles. The number of rotatable bonds is 5. The Balaban J connectivity index is 1.89. The predicted octanol–water partition coefficient (Wildman–Crippen LogP) is 2.97. The van der Waals surface area contributed by atoms with Crippen molar-refractivity contribution in [2.45, 2.75) is 38.8 Å². The largest absolute Gasteiger partial charge is 0.350 e. The summed E-state index contributed by atoms with van der Waals surface area (Å²) in [7, 11) is 2.14. The Bertz CT molecular complexity index is 451. The number of halogens is 1. The van der Waals surface area contributed by atoms with Crippen molar-refractivity contribution < 1.29 is 4.79 Å². The quantitative estimate of drug-likeness (QED) is 0.903. The fourth-order valence-corrected chi connectivity index (χ4v) is 2.80. The van der Waals surface area contributed by atoms with Gasteiger partial charge in [-0.2, -0.15) is 0 Å². The van der Waals surface area contributed by atoms with Gasteiger partial charge in [0.2, 0.25) is 0 Å². The molecule has 0 aromatic heterocycles. The molecule has 4 heteroatoms. The third-order valence-corrected chi connectivity index (χ3v) is 4.14. The highest BCUT2D eigenvalue weighted by molar-refractivity contribution is 9.10. The molecule has 0 radical (unpaired) electrons. The molecule has 1 N–H and O–H groups in total. The van der Waals surface area contributed by atoms with Gasteiger partial charge in [-0.1, -0.05) is 15.9 Å². The maximum atomic E-state index is 12.1. The summed E-state index contributed by atoms with van der Waals surface area (Å²) >= 11 is 3.42. The molecule has 1 fully saturated rings. The number of hydrogen-bond acceptors (Lipinski definition) is 2. The molecule has 1 unspecified atom stereocenters. The highest BCUT2D eigenvalue weighted by Gasteiger charge is 2.29. The van der Waals surface area contributed by atoms with Gasteiger partial charge < -0.3 is 5.32 Å². The summed E-state index contributed by atoms with van der Waals surface area (Å²) in [6, 6.07) is 6.87. The number of likely N-dealkylation sites (N-methyl/N-ethyl adjacent to an activating group) is 1. The maximum Gasteiger partial charge on any atom is 0.251 e. The average molecular weight is 325 g/mol. The second-order valence-electron chi connectivity index (χ2n) is 5.47. The number of benzene rings is 1. The third-order valence-electron chi connectivity index (χ3n) is 3.68. The monoisotopic (exact) mass is 324 g/mol. The van der Waals surface area contributed by atoms with Crippen molar-refractivity contribution in [3.8, 4) is 0 Å². The summed E-state index contributed by atoms with van der Waals surface area (Å²) in [6.45, 7) is 4.84. The first-order valence-electron chi connectivity index (χ1n) is 6.74. The van der Waals surface area contributed by atoms with Gasteiger partial charge in [-0.3, -0.25) is 9.69 Å². The van der Waals surface area contributed by atoms with Gasteiger partial charge >= 0.3 is 0 Å². The van der Waals surface area contributed by atoms with Crippen molar-refractivity contribution in [2.24, 2.45) is 0 Å². The molecular formula is C15H21BrN2O. The topological polar surface area (TPSA) is 32.3 Å². The van der Waals surface area contributed by atoms with E-state index < -0.39 is 0 Å². The van der Waals surface area contributed by atoms with Crippen molar-refractivity contribution in [1.82, 2.24) is 10.2 Å². The van der Waals surface area contributed by atoms with Gasteiger partial charge in [0, 0.05) is 28.7 Å². The lowest BCUT2D eigenvalue weighted by atomic mass is 10.1. The van der Waals surface area contributed by atoms with E-state index in [1.807, 2.05) is 25.1 Å². The van der Waals surface area contributed by atoms with E-state index in [-0.39, 0.29) is 5.91 Å². The van der Waals surface area contributed by atoms with Crippen LogP contribution >= 0.6 is 15.9 Å². The zero-order valence-corrected chi connectivity index (χ0v) is 13.3. The van der Waals surface area contributed by atoms with Crippen LogP contribution in [-0.2, 0) is 0 Å². The Kier molecular flexibility index (Phi) is 4.63. The SMILES string of the molecule is Cc1cc(Br)cc(C(=O)NCC(C)N(C)C2CC2)c1. The highest BCUT2D eigenvalue weighted by Crippen LogP contribution is 2.26. The van der Waals surface area contributed by atoms with Crippen LogP contribution in [0, 0.1) is 6.92 Å². The molecule has 0 spiro atoms. The van der Waals surface area contributed by atoms with E-state index in [0.717, 1.165) is 16.1 Å². The molecule has 1 aromatic carbocycles. The van der Waals surface area contributed by atoms with Gasteiger partial charge in [0.05, 0.1) is 0 Å². The van der Waals surface area contributed by atoms with Crippen LogP contribution in [0.25, 0.3) is 0 Å². The minimum atomic E-state index is 0.000414. The van der Waals surface area contributed by atoms with E-state index in [1.54, 1.807) is 0 Å². The van der Waals surface area contributed by atoms with Crippen molar-refractivity contribution >= 4 is 21.8 Å². The van der Waals surface area contributed by atoms with Crippen LogP contribution in [0.1, 0.15) is 35.7 Å². The number of nitrogens with one attached hydrogen (secondary N) is 1. The van der Waals surface area contributed by atoms with Crippen LogP contribution in [0.2, 0.25) is 0 Å². The number of hydrogen-bond donors (Lipinski definition) is 1. The number of nitrogens with zero attached hydrogens (tertiary/aromatic N) is 1. The van der Waals surface area contributed by atoms with Gasteiger partial charge in [0.25, 0.3) is 5.91 Å². The molecule has 0 bridgehead atoms. The molecule has 1 saturated carbocycles. The molecule has 104 valence electrons. The summed E-state index contributed by atoms with van der Waals surface area (Å²) in [4.78, 5) is 14.5. The van der Waals surface area contributed by atoms with Crippen molar-refractivity contribution in [2.75, 3.05) is 13.6 Å². The Morgan fingerprint density at radius 3 is 2.74 bits per heavy atom. The fourth-order valence-electron chi connectivity index (χ4n) is 2.20. The van der Waals surface area contributed by atoms with Crippen LogP contribution < -0.4 is 5.32 Å². The standard InChI is InChI=1S/C15H21BrN2O/c1-10-6-12(8-13(16)7-10)15(19)17-9-11(2)18(3)14-4-5-14/h6-8,11,14H,4-5,9H2,1-3H3,(H,17,19). The summed E-state index contributed by atoms with van der Waals surface area (Å²) in [6.07, 6.45) is 2.58. The van der Waals surface area contributed by atoms with Gasteiger partial charge in [-0.25, -0.2) is 0 Å². The van der Waals surface area contributed by atoms with E-state index in [1.165, 1.54) is 12.8 Å². The third kappa shape index (κ3) is 4.05. The smallest absolute Gasteiger partial charge is 0.251 e. The molecule has 1 aliphatic rings. The maximum absolute atomic E-state index is 12.1. The van der Waals surface area contributed by atoms with Crippen LogP contribution in [0.3, 0.4) is 0 Å². The lowest BCUT2D eigenvalue weighted by Gasteiger charge is -2.24. The summed E-state index contributed by atoms with van der Waals surface area (Å²) in [5.41, 5.74) is 1.80. The van der Waals surface area contributed by atoms with E-state index >= 15 is 0 Å². The summed E-state index contributed by atoms with van der Waals surface area (Å²) in [5.74, 6) is 0.000414. The van der Waals surface area contributed by atoms with Crippen molar-refractivity contribution in [3.05, 3.63) is 33.8 Å². The van der Waals surface area contributed by atoms with Crippen LogP contribution in [0.15, 0.2) is 22.7 Å². The first-order chi connectivity index (χ1) is 8.97. The van der Waals surface area contributed by atoms with Crippen LogP contribution in [-0.4, -0.2) is 36.5 Å². The lowest BCUT2D eigenvalue weighted by molar-refractivity contribution is 0.0939. The van der Waals surface area contributed by atoms with E-state index in [9.17, 15) is 4.79 Å². The zero-order chi connectivity index (χ0) is 14.0. The number of carbonyl (C=O) groups is 1. The number of carbonyl (C=O) groups excluding carboxylic acids is 1. The summed E-state index contributed by atoms with van der Waals surface area (Å²) in [5, 5.41) is 3.02. The first kappa shape index (κ1) is 14.5. The van der Waals surface area contributed by atoms with Gasteiger partial charge in [-0.15, -0.1) is 0 Å². The van der Waals surface area contributed by atoms with Crippen molar-refractivity contribution in [1.29, 1.82) is 0 Å². The number of aryl methyl sites for hydroxylation is 1. The van der Waals surface area contributed by atoms with Gasteiger partial charge in [0.1, 0.15) is 0 Å². The van der Waals surface area contributed by atoms with E-state index in [2.05, 4.69) is 40.1 Å². The second-order valence-corrected chi connectivity index (χ2v) is 6.39. The number of amides is 1. The minimum absolute atomic E-state index is 0.000414. The van der Waals surface area contributed by atoms with Gasteiger partial charge in [-0.05, 0) is 57.5 Å². The Morgan fingerprint density at radius 1 is 1.47 bits per heavy atom. The summed E-state index contributed by atoms with van der Waals surface area (Å²) < 4.78 is 0.945. The molecule has 0 aliphatic heterocycles. The molecule has 1 amide bonds. The molecule has 19 heavy (non-hydrogen) atoms. The van der Waals surface area contributed by atoms with Crippen molar-refractivity contribution in [3.63, 3.8) is 0 Å². The Labute approximate surface area is 123 Å². The average Bonchev–Trinajstić information content (AvgIpc) is 3.17. The normalized spacial score (nSPS) is 16.5. The van der Waals surface area contributed by atoms with E-state index in [4.69, 9.17) is 0 Å². The second kappa shape index (κ2) is 6.06. The van der Waals surface area contributed by atoms with E-state index in [0.29, 0.717) is 18.2 Å². The molecule has 1 aliphatic carbocycles. The highest BCUT2D eigenvalue weighted by atomic mass is 79.9. The zero-order valence-electron chi connectivity index (χ0n) is 11.7. The molecule has 0 saturated heterocycles. The minimum Gasteiger partial charge on any atom is -0.350 e. The predicted molar refractivity (Wildman–Crippen MR) is 81.5 cm³/mol. The Hall–Kier alpha value is -0.870. The molecular weight excluding hydrogens is 304 g/mol. The molecule has 1 atom stereocenters. The molecule has 3 nitrogen and oxygen atoms in total. The Morgan fingerprint density at radius 2 is 2.16 bits per heavy atom. The first-order valence-corrected chi connectivity index (χ1v) is 7.54. The van der Waals surface area contributed by atoms with Crippen LogP contribution in [0.4, 0.5) is 0 Å².